The second-order valence-corrected chi connectivity index (χ2v) is 12.2. The quantitative estimate of drug-likeness (QED) is 0.189. The summed E-state index contributed by atoms with van der Waals surface area (Å²) in [4.78, 5) is 45.9. The van der Waals surface area contributed by atoms with Crippen molar-refractivity contribution in [3.8, 4) is 0 Å². The van der Waals surface area contributed by atoms with Gasteiger partial charge in [-0.2, -0.15) is 0 Å². The Bertz CT molecular complexity index is 1170. The molecule has 3 aliphatic rings. The summed E-state index contributed by atoms with van der Waals surface area (Å²) in [5, 5.41) is 10.9. The van der Waals surface area contributed by atoms with Crippen LogP contribution >= 0.6 is 11.6 Å². The lowest BCUT2D eigenvalue weighted by Gasteiger charge is -2.40. The van der Waals surface area contributed by atoms with E-state index in [4.69, 9.17) is 21.1 Å². The molecular weight excluding hydrogens is 544 g/mol. The molecule has 6 atom stereocenters. The topological polar surface area (TPSA) is 96.4 Å². The van der Waals surface area contributed by atoms with E-state index in [2.05, 4.69) is 13.2 Å². The first-order chi connectivity index (χ1) is 19.6. The smallest absolute Gasteiger partial charge is 0.312 e. The Balaban J connectivity index is 1.83. The van der Waals surface area contributed by atoms with E-state index in [9.17, 15) is 19.5 Å². The highest BCUT2D eigenvalue weighted by Gasteiger charge is 2.79. The van der Waals surface area contributed by atoms with Crippen LogP contribution in [0.15, 0.2) is 49.6 Å². The largest absolute Gasteiger partial charge is 0.465 e. The lowest BCUT2D eigenvalue weighted by Crippen LogP contribution is -2.59. The summed E-state index contributed by atoms with van der Waals surface area (Å²) in [5.74, 6) is -2.78. The van der Waals surface area contributed by atoms with Crippen molar-refractivity contribution in [2.75, 3.05) is 24.7 Å². The standard InChI is InChI=1S/C32H43ClN2O6/c1-6-9-12-18-40-30(39)26-25-28(37)35(22(20-36)19-21(4)5)27(32(25)16-15-31(26,8-3)41-32)29(38)34(17-7-2)24-14-11-10-13-23(24)33/h6-7,10-11,13-14,21-22,25-27,36H,1-2,8-9,12,15-20H2,3-5H3/t22-,25+,26-,27?,31+,32?/m1/s1. The third-order valence-corrected chi connectivity index (χ3v) is 9.29. The van der Waals surface area contributed by atoms with Crippen molar-refractivity contribution in [2.24, 2.45) is 17.8 Å². The van der Waals surface area contributed by atoms with Crippen LogP contribution in [0.4, 0.5) is 5.69 Å². The van der Waals surface area contributed by atoms with Crippen LogP contribution in [0.1, 0.15) is 59.3 Å². The van der Waals surface area contributed by atoms with Crippen LogP contribution in [0.3, 0.4) is 0 Å². The minimum Gasteiger partial charge on any atom is -0.465 e. The molecule has 3 heterocycles. The van der Waals surface area contributed by atoms with E-state index >= 15 is 0 Å². The summed E-state index contributed by atoms with van der Waals surface area (Å²) in [6.07, 6.45) is 6.67. The molecule has 9 heteroatoms. The number of amides is 2. The van der Waals surface area contributed by atoms with Gasteiger partial charge in [-0.05, 0) is 56.6 Å². The first kappa shape index (κ1) is 31.3. The maximum absolute atomic E-state index is 14.7. The number of allylic oxidation sites excluding steroid dienone is 1. The first-order valence-electron chi connectivity index (χ1n) is 14.7. The maximum Gasteiger partial charge on any atom is 0.312 e. The van der Waals surface area contributed by atoms with Gasteiger partial charge in [0.1, 0.15) is 17.6 Å². The molecule has 1 spiro atoms. The highest BCUT2D eigenvalue weighted by molar-refractivity contribution is 6.34. The van der Waals surface area contributed by atoms with Crippen molar-refractivity contribution in [3.05, 3.63) is 54.6 Å². The fourth-order valence-electron chi connectivity index (χ4n) is 7.25. The van der Waals surface area contributed by atoms with Crippen molar-refractivity contribution in [3.63, 3.8) is 0 Å². The molecule has 1 aromatic carbocycles. The number of esters is 1. The highest BCUT2D eigenvalue weighted by Crippen LogP contribution is 2.65. The van der Waals surface area contributed by atoms with Gasteiger partial charge in [-0.3, -0.25) is 14.4 Å². The molecule has 4 rings (SSSR count). The number of benzene rings is 1. The van der Waals surface area contributed by atoms with Crippen LogP contribution in [0.5, 0.6) is 0 Å². The van der Waals surface area contributed by atoms with Crippen molar-refractivity contribution >= 4 is 35.1 Å². The molecule has 2 amide bonds. The van der Waals surface area contributed by atoms with Crippen molar-refractivity contribution in [2.45, 2.75) is 82.6 Å². The number of aliphatic hydroxyl groups excluding tert-OH is 1. The van der Waals surface area contributed by atoms with Crippen LogP contribution < -0.4 is 4.90 Å². The van der Waals surface area contributed by atoms with E-state index in [0.717, 1.165) is 0 Å². The number of rotatable bonds is 14. The molecule has 2 bridgehead atoms. The van der Waals surface area contributed by atoms with Gasteiger partial charge in [0.2, 0.25) is 5.91 Å². The minimum absolute atomic E-state index is 0.145. The number of carbonyl (C=O) groups is 3. The first-order valence-corrected chi connectivity index (χ1v) is 15.1. The molecule has 0 radical (unpaired) electrons. The number of hydrogen-bond donors (Lipinski definition) is 1. The number of fused-ring (bicyclic) bond motifs is 1. The van der Waals surface area contributed by atoms with Crippen molar-refractivity contribution in [1.82, 2.24) is 4.90 Å². The summed E-state index contributed by atoms with van der Waals surface area (Å²) in [6, 6.07) is 5.35. The van der Waals surface area contributed by atoms with Crippen LogP contribution in [0.25, 0.3) is 0 Å². The second kappa shape index (κ2) is 12.7. The second-order valence-electron chi connectivity index (χ2n) is 11.8. The Labute approximate surface area is 248 Å². The number of nitrogens with zero attached hydrogens (tertiary/aromatic N) is 2. The molecule has 1 N–H and O–H groups in total. The maximum atomic E-state index is 14.7. The third-order valence-electron chi connectivity index (χ3n) is 8.97. The Morgan fingerprint density at radius 1 is 1.27 bits per heavy atom. The lowest BCUT2D eigenvalue weighted by atomic mass is 9.65. The fraction of sp³-hybridized carbons (Fsp3) is 0.594. The van der Waals surface area contributed by atoms with Gasteiger partial charge >= 0.3 is 5.97 Å². The molecule has 0 aromatic heterocycles. The summed E-state index contributed by atoms with van der Waals surface area (Å²) in [7, 11) is 0. The molecule has 224 valence electrons. The van der Waals surface area contributed by atoms with E-state index in [1.807, 2.05) is 20.8 Å². The van der Waals surface area contributed by atoms with Gasteiger partial charge in [-0.15, -0.1) is 13.2 Å². The predicted molar refractivity (Wildman–Crippen MR) is 158 cm³/mol. The molecule has 3 fully saturated rings. The molecule has 0 aliphatic carbocycles. The summed E-state index contributed by atoms with van der Waals surface area (Å²) in [6.45, 7) is 13.6. The molecule has 0 saturated carbocycles. The average molecular weight is 587 g/mol. The van der Waals surface area contributed by atoms with Gasteiger partial charge in [-0.25, -0.2) is 0 Å². The number of hydrogen-bond acceptors (Lipinski definition) is 6. The van der Waals surface area contributed by atoms with Crippen molar-refractivity contribution < 1.29 is 29.0 Å². The molecular formula is C32H43ClN2O6. The zero-order valence-corrected chi connectivity index (χ0v) is 25.1. The highest BCUT2D eigenvalue weighted by atomic mass is 35.5. The minimum atomic E-state index is -1.24. The van der Waals surface area contributed by atoms with Crippen LogP contribution in [-0.2, 0) is 23.9 Å². The lowest BCUT2D eigenvalue weighted by molar-refractivity contribution is -0.162. The van der Waals surface area contributed by atoms with Crippen LogP contribution in [0, 0.1) is 17.8 Å². The van der Waals surface area contributed by atoms with Crippen LogP contribution in [-0.4, -0.2) is 70.8 Å². The Hall–Kier alpha value is -2.68. The Kier molecular flexibility index (Phi) is 9.66. The molecule has 8 nitrogen and oxygen atoms in total. The zero-order chi connectivity index (χ0) is 29.9. The number of likely N-dealkylation sites (tertiary alicyclic amines) is 1. The van der Waals surface area contributed by atoms with Gasteiger partial charge in [0.05, 0.1) is 41.5 Å². The van der Waals surface area contributed by atoms with E-state index in [1.165, 1.54) is 9.80 Å². The molecule has 1 aromatic rings. The Morgan fingerprint density at radius 3 is 2.61 bits per heavy atom. The number of aliphatic hydroxyl groups is 1. The number of para-hydroxylation sites is 1. The summed E-state index contributed by atoms with van der Waals surface area (Å²) < 4.78 is 12.5. The summed E-state index contributed by atoms with van der Waals surface area (Å²) in [5.41, 5.74) is -1.65. The average Bonchev–Trinajstić information content (AvgIpc) is 3.56. The van der Waals surface area contributed by atoms with Gasteiger partial charge in [-0.1, -0.05) is 56.7 Å². The molecule has 3 saturated heterocycles. The Morgan fingerprint density at radius 2 is 2.00 bits per heavy atom. The summed E-state index contributed by atoms with van der Waals surface area (Å²) >= 11 is 6.55. The van der Waals surface area contributed by atoms with Gasteiger partial charge in [0.15, 0.2) is 0 Å². The molecule has 2 unspecified atom stereocenters. The normalized spacial score (nSPS) is 29.0. The zero-order valence-electron chi connectivity index (χ0n) is 24.4. The molecule has 3 aliphatic heterocycles. The number of unbranched alkanes of at least 4 members (excludes halogenated alkanes) is 1. The van der Waals surface area contributed by atoms with Gasteiger partial charge in [0.25, 0.3) is 5.91 Å². The van der Waals surface area contributed by atoms with E-state index in [-0.39, 0.29) is 37.5 Å². The van der Waals surface area contributed by atoms with Crippen LogP contribution in [0.2, 0.25) is 5.02 Å². The monoisotopic (exact) mass is 586 g/mol. The SMILES string of the molecule is C=CCCCOC(=O)[C@H]1[C@H]2C(=O)N([C@@H](CO)CC(C)C)C(C(=O)N(CC=C)c3ccccc3Cl)C23CC[C@]1(CC)O3. The van der Waals surface area contributed by atoms with E-state index in [0.29, 0.717) is 49.2 Å². The van der Waals surface area contributed by atoms with Gasteiger partial charge < -0.3 is 24.4 Å². The number of anilines is 1. The van der Waals surface area contributed by atoms with E-state index < -0.39 is 41.1 Å². The predicted octanol–water partition coefficient (Wildman–Crippen LogP) is 4.93. The number of halogens is 1. The fourth-order valence-corrected chi connectivity index (χ4v) is 7.49. The van der Waals surface area contributed by atoms with Gasteiger partial charge in [0, 0.05) is 6.54 Å². The number of carbonyl (C=O) groups excluding carboxylic acids is 3. The third kappa shape index (κ3) is 5.35. The molecule has 41 heavy (non-hydrogen) atoms. The number of ether oxygens (including phenoxy) is 2. The van der Waals surface area contributed by atoms with Crippen molar-refractivity contribution in [1.29, 1.82) is 0 Å². The van der Waals surface area contributed by atoms with E-state index in [1.54, 1.807) is 36.4 Å².